The molecule has 1 aliphatic carbocycles. The number of aryl methyl sites for hydroxylation is 2. The minimum Gasteiger partial charge on any atom is -0.384 e. The molecule has 1 atom stereocenters. The first kappa shape index (κ1) is 27.4. The highest BCUT2D eigenvalue weighted by Crippen LogP contribution is 2.48. The molecule has 3 aromatic carbocycles. The minimum absolute atomic E-state index is 0.0584. The van der Waals surface area contributed by atoms with Crippen LogP contribution in [-0.4, -0.2) is 5.78 Å². The van der Waals surface area contributed by atoms with Crippen molar-refractivity contribution in [3.8, 4) is 6.07 Å². The topological polar surface area (TPSA) is 70.1 Å². The zero-order chi connectivity index (χ0) is 27.8. The van der Waals surface area contributed by atoms with Crippen molar-refractivity contribution in [1.82, 2.24) is 0 Å². The van der Waals surface area contributed by atoms with E-state index >= 15 is 0 Å². The van der Waals surface area contributed by atoms with Crippen LogP contribution < -0.4 is 10.6 Å². The van der Waals surface area contributed by atoms with Gasteiger partial charge in [-0.1, -0.05) is 58.6 Å². The number of allylic oxidation sites excluding steroid dienone is 3. The fraction of sp³-hybridized carbons (Fsp3) is 0.250. The molecule has 0 saturated heterocycles. The Morgan fingerprint density at radius 1 is 1.00 bits per heavy atom. The summed E-state index contributed by atoms with van der Waals surface area (Å²) in [4.78, 5) is 16.6. The molecule has 2 N–H and O–H groups in total. The second-order valence-electron chi connectivity index (χ2n) is 10.2. The van der Waals surface area contributed by atoms with Crippen LogP contribution in [0.2, 0.25) is 10.0 Å². The predicted octanol–water partition coefficient (Wildman–Crippen LogP) is 8.52. The fourth-order valence-corrected chi connectivity index (χ4v) is 6.77. The number of hydrogen-bond donors (Lipinski definition) is 1. The summed E-state index contributed by atoms with van der Waals surface area (Å²) in [6.45, 7) is 6.23. The van der Waals surface area contributed by atoms with E-state index in [1.807, 2.05) is 11.0 Å². The number of carbonyl (C=O) groups is 1. The zero-order valence-electron chi connectivity index (χ0n) is 22.1. The molecule has 0 spiro atoms. The van der Waals surface area contributed by atoms with E-state index in [0.29, 0.717) is 45.5 Å². The Morgan fingerprint density at radius 3 is 2.44 bits per heavy atom. The molecule has 1 aliphatic heterocycles. The highest BCUT2D eigenvalue weighted by atomic mass is 35.5. The quantitative estimate of drug-likeness (QED) is 0.310. The van der Waals surface area contributed by atoms with Crippen LogP contribution in [0.3, 0.4) is 0 Å². The number of nitrogens with zero attached hydrogens (tertiary/aromatic N) is 2. The Morgan fingerprint density at radius 2 is 1.74 bits per heavy atom. The summed E-state index contributed by atoms with van der Waals surface area (Å²) in [6, 6.07) is 20.4. The molecule has 0 amide bonds. The summed E-state index contributed by atoms with van der Waals surface area (Å²) in [5.41, 5.74) is 14.9. The van der Waals surface area contributed by atoms with Gasteiger partial charge in [0.15, 0.2) is 5.78 Å². The highest BCUT2D eigenvalue weighted by Gasteiger charge is 2.41. The van der Waals surface area contributed by atoms with Crippen molar-refractivity contribution in [3.05, 3.63) is 115 Å². The van der Waals surface area contributed by atoms with Crippen LogP contribution in [0, 0.1) is 32.1 Å². The summed E-state index contributed by atoms with van der Waals surface area (Å²) in [5.74, 6) is 0.654. The maximum Gasteiger partial charge on any atom is 0.161 e. The molecule has 0 bridgehead atoms. The molecule has 1 unspecified atom stereocenters. The van der Waals surface area contributed by atoms with E-state index in [-0.39, 0.29) is 5.78 Å². The lowest BCUT2D eigenvalue weighted by atomic mass is 9.73. The monoisotopic (exact) mass is 573 g/mol. The Bertz CT molecular complexity index is 1580. The summed E-state index contributed by atoms with van der Waals surface area (Å²) >= 11 is 14.3. The Balaban J connectivity index is 1.63. The van der Waals surface area contributed by atoms with Gasteiger partial charge >= 0.3 is 0 Å². The molecule has 4 nitrogen and oxygen atoms in total. The van der Waals surface area contributed by atoms with Gasteiger partial charge < -0.3 is 5.73 Å². The molecule has 2 aliphatic rings. The van der Waals surface area contributed by atoms with Gasteiger partial charge in [-0.3, -0.25) is 9.69 Å². The molecule has 1 heterocycles. The average molecular weight is 575 g/mol. The van der Waals surface area contributed by atoms with Crippen LogP contribution in [0.5, 0.6) is 0 Å². The third kappa shape index (κ3) is 5.22. The van der Waals surface area contributed by atoms with Gasteiger partial charge in [0.05, 0.1) is 27.6 Å². The lowest BCUT2D eigenvalue weighted by Gasteiger charge is -2.40. The minimum atomic E-state index is -0.514. The number of benzene rings is 3. The number of anilines is 1. The lowest BCUT2D eigenvalue weighted by molar-refractivity contribution is -0.116. The molecular weight excluding hydrogens is 545 g/mol. The maximum atomic E-state index is 13.6. The Hall–Kier alpha value is -3.17. The van der Waals surface area contributed by atoms with Crippen molar-refractivity contribution in [3.63, 3.8) is 0 Å². The van der Waals surface area contributed by atoms with E-state index in [2.05, 4.69) is 63.2 Å². The van der Waals surface area contributed by atoms with E-state index in [1.165, 1.54) is 16.0 Å². The molecule has 3 aromatic rings. The molecule has 0 fully saturated rings. The first-order valence-electron chi connectivity index (χ1n) is 12.9. The van der Waals surface area contributed by atoms with E-state index in [1.54, 1.807) is 23.9 Å². The molecule has 7 heteroatoms. The van der Waals surface area contributed by atoms with E-state index in [9.17, 15) is 10.1 Å². The number of halogens is 2. The van der Waals surface area contributed by atoms with Gasteiger partial charge in [0, 0.05) is 34.0 Å². The molecular formula is C32H29Cl2N3OS. The number of carbonyl (C=O) groups excluding carboxylic acids is 1. The van der Waals surface area contributed by atoms with E-state index < -0.39 is 5.92 Å². The van der Waals surface area contributed by atoms with Gasteiger partial charge in [-0.15, -0.1) is 11.8 Å². The van der Waals surface area contributed by atoms with E-state index in [0.717, 1.165) is 34.6 Å². The molecule has 39 heavy (non-hydrogen) atoms. The van der Waals surface area contributed by atoms with Crippen molar-refractivity contribution in [1.29, 1.82) is 5.26 Å². The number of ketones is 1. The highest BCUT2D eigenvalue weighted by molar-refractivity contribution is 7.98. The third-order valence-corrected chi connectivity index (χ3v) is 9.30. The predicted molar refractivity (Wildman–Crippen MR) is 161 cm³/mol. The fourth-order valence-electron chi connectivity index (χ4n) is 5.53. The van der Waals surface area contributed by atoms with Crippen LogP contribution in [-0.2, 0) is 10.5 Å². The summed E-state index contributed by atoms with van der Waals surface area (Å²) in [7, 11) is 0. The second kappa shape index (κ2) is 11.1. The van der Waals surface area contributed by atoms with Gasteiger partial charge in [0.1, 0.15) is 5.82 Å². The largest absolute Gasteiger partial charge is 0.384 e. The molecule has 0 aromatic heterocycles. The lowest BCUT2D eigenvalue weighted by Crippen LogP contribution is -2.39. The zero-order valence-corrected chi connectivity index (χ0v) is 24.5. The van der Waals surface area contributed by atoms with Gasteiger partial charge in [0.25, 0.3) is 0 Å². The van der Waals surface area contributed by atoms with Crippen LogP contribution in [0.25, 0.3) is 0 Å². The van der Waals surface area contributed by atoms with Crippen LogP contribution in [0.1, 0.15) is 53.0 Å². The maximum absolute atomic E-state index is 13.6. The second-order valence-corrected chi connectivity index (χ2v) is 12.0. The Labute approximate surface area is 244 Å². The number of rotatable bonds is 5. The smallest absolute Gasteiger partial charge is 0.161 e. The number of thioether (sulfide) groups is 1. The van der Waals surface area contributed by atoms with Crippen molar-refractivity contribution in [2.24, 2.45) is 5.73 Å². The summed E-state index contributed by atoms with van der Waals surface area (Å²) < 4.78 is 0. The first-order valence-corrected chi connectivity index (χ1v) is 14.6. The Kier molecular flexibility index (Phi) is 7.82. The summed E-state index contributed by atoms with van der Waals surface area (Å²) in [6.07, 6.45) is 1.85. The van der Waals surface area contributed by atoms with Crippen molar-refractivity contribution in [2.75, 3.05) is 4.90 Å². The van der Waals surface area contributed by atoms with Crippen molar-refractivity contribution in [2.45, 2.75) is 56.6 Å². The molecule has 198 valence electrons. The molecule has 0 radical (unpaired) electrons. The average Bonchev–Trinajstić information content (AvgIpc) is 2.91. The molecule has 5 rings (SSSR count). The van der Waals surface area contributed by atoms with E-state index in [4.69, 9.17) is 28.9 Å². The number of Topliss-reactive ketones (excluding diaryl/α,β-unsaturated/α-hetero) is 1. The first-order chi connectivity index (χ1) is 18.7. The van der Waals surface area contributed by atoms with Crippen molar-refractivity contribution < 1.29 is 4.79 Å². The van der Waals surface area contributed by atoms with Crippen LogP contribution in [0.4, 0.5) is 5.69 Å². The van der Waals surface area contributed by atoms with Gasteiger partial charge in [-0.2, -0.15) is 5.26 Å². The van der Waals surface area contributed by atoms with Crippen molar-refractivity contribution >= 4 is 46.4 Å². The van der Waals surface area contributed by atoms with Gasteiger partial charge in [0.2, 0.25) is 0 Å². The number of nitriles is 1. The van der Waals surface area contributed by atoms with Gasteiger partial charge in [-0.05, 0) is 80.6 Å². The third-order valence-electron chi connectivity index (χ3n) is 7.50. The number of hydrogen-bond acceptors (Lipinski definition) is 5. The van der Waals surface area contributed by atoms with Crippen LogP contribution >= 0.6 is 35.0 Å². The summed E-state index contributed by atoms with van der Waals surface area (Å²) in [5, 5.41) is 11.3. The molecule has 0 saturated carbocycles. The van der Waals surface area contributed by atoms with Crippen LogP contribution in [0.15, 0.2) is 82.2 Å². The number of nitrogens with two attached hydrogens (primary N) is 1. The normalized spacial score (nSPS) is 17.4. The SMILES string of the molecule is Cc1ccc(SCc2cc(C)cc(C3C(C#N)=C(N)N(c4ccc(Cl)c(Cl)c4)C4=C3C(=O)CCC4)c2C)cc1. The van der Waals surface area contributed by atoms with Gasteiger partial charge in [-0.25, -0.2) is 0 Å². The standard InChI is InChI=1S/C32H29Cl2N3OS/c1-18-7-10-23(11-8-18)39-17-21-13-19(2)14-24(20(21)3)30-25(16-35)32(36)37(22-9-12-26(33)27(34)15-22)28-5-4-6-29(38)31(28)30/h7-15,30H,4-6,17,36H2,1-3H3.